The van der Waals surface area contributed by atoms with E-state index in [0.29, 0.717) is 37.7 Å². The van der Waals surface area contributed by atoms with Crippen molar-refractivity contribution in [2.45, 2.75) is 19.9 Å². The molecule has 204 valence electrons. The van der Waals surface area contributed by atoms with Gasteiger partial charge in [0.25, 0.3) is 5.56 Å². The van der Waals surface area contributed by atoms with Crippen LogP contribution in [0.1, 0.15) is 31.0 Å². The molecule has 5 aromatic rings. The minimum Gasteiger partial charge on any atom is -0.463 e. The normalized spacial score (nSPS) is 16.1. The second-order valence-corrected chi connectivity index (χ2v) is 10.7. The van der Waals surface area contributed by atoms with E-state index in [0.717, 1.165) is 27.7 Å². The second-order valence-electron chi connectivity index (χ2n) is 9.74. The fourth-order valence-corrected chi connectivity index (χ4v) is 6.50. The van der Waals surface area contributed by atoms with Gasteiger partial charge in [-0.15, -0.1) is 0 Å². The van der Waals surface area contributed by atoms with Gasteiger partial charge in [-0.1, -0.05) is 65.9 Å². The third kappa shape index (κ3) is 4.17. The highest BCUT2D eigenvalue weighted by Crippen LogP contribution is 2.38. The Morgan fingerprint density at radius 1 is 1.10 bits per heavy atom. The molecule has 0 saturated carbocycles. The molecule has 7 rings (SSSR count). The summed E-state index contributed by atoms with van der Waals surface area (Å²) in [5.74, 6) is 0.676. The topological polar surface area (TPSA) is 94.9 Å². The number of aromatic amines is 1. The number of thiazole rings is 1. The van der Waals surface area contributed by atoms with Crippen LogP contribution in [0.4, 0.5) is 0 Å². The predicted octanol–water partition coefficient (Wildman–Crippen LogP) is 4.68. The number of rotatable bonds is 5. The van der Waals surface area contributed by atoms with E-state index in [1.54, 1.807) is 24.5 Å². The van der Waals surface area contributed by atoms with Crippen molar-refractivity contribution in [3.63, 3.8) is 0 Å². The van der Waals surface area contributed by atoms with E-state index in [9.17, 15) is 9.59 Å². The Morgan fingerprint density at radius 2 is 1.88 bits per heavy atom. The summed E-state index contributed by atoms with van der Waals surface area (Å²) in [4.78, 5) is 36.2. The van der Waals surface area contributed by atoms with Gasteiger partial charge in [-0.25, -0.2) is 9.79 Å². The van der Waals surface area contributed by atoms with Crippen molar-refractivity contribution >= 4 is 34.3 Å². The van der Waals surface area contributed by atoms with Crippen molar-refractivity contribution in [3.05, 3.63) is 115 Å². The molecule has 0 radical (unpaired) electrons. The maximum atomic E-state index is 14.2. The Kier molecular flexibility index (Phi) is 6.09. The van der Waals surface area contributed by atoms with E-state index in [4.69, 9.17) is 19.2 Å². The van der Waals surface area contributed by atoms with Crippen molar-refractivity contribution in [2.75, 3.05) is 13.4 Å². The number of fused-ring (bicyclic) bond motifs is 3. The lowest BCUT2D eigenvalue weighted by atomic mass is 9.95. The Balaban J connectivity index is 1.46. The van der Waals surface area contributed by atoms with E-state index >= 15 is 0 Å². The average molecular weight is 564 g/mol. The number of aromatic nitrogens is 2. The van der Waals surface area contributed by atoms with Crippen LogP contribution in [0.2, 0.25) is 0 Å². The lowest BCUT2D eigenvalue weighted by molar-refractivity contribution is -0.139. The number of nitrogens with zero attached hydrogens (tertiary/aromatic N) is 2. The highest BCUT2D eigenvalue weighted by molar-refractivity contribution is 7.07. The molecule has 1 unspecified atom stereocenters. The summed E-state index contributed by atoms with van der Waals surface area (Å²) in [7, 11) is 0. The van der Waals surface area contributed by atoms with Crippen molar-refractivity contribution in [3.8, 4) is 22.8 Å². The van der Waals surface area contributed by atoms with E-state index < -0.39 is 12.0 Å². The van der Waals surface area contributed by atoms with Crippen molar-refractivity contribution in [1.29, 1.82) is 0 Å². The molecule has 0 bridgehead atoms. The zero-order valence-electron chi connectivity index (χ0n) is 22.3. The first-order valence-electron chi connectivity index (χ1n) is 13.3. The molecule has 0 saturated heterocycles. The summed E-state index contributed by atoms with van der Waals surface area (Å²) in [6, 6.07) is 22.8. The number of nitrogens with one attached hydrogen (secondary N) is 1. The number of esters is 1. The van der Waals surface area contributed by atoms with Crippen LogP contribution < -0.4 is 24.4 Å². The SMILES string of the molecule is CCOC(=O)C1=C(C)N=c2sc(=Cc3c(-c4ccccc4)[nH]c4ccccc34)c(=O)n2C1c1ccc2c(c1)OCO2. The molecule has 3 aromatic carbocycles. The molecule has 0 aliphatic carbocycles. The number of hydrogen-bond donors (Lipinski definition) is 1. The molecule has 1 N–H and O–H groups in total. The summed E-state index contributed by atoms with van der Waals surface area (Å²) in [6.45, 7) is 3.85. The Bertz CT molecular complexity index is 2050. The highest BCUT2D eigenvalue weighted by Gasteiger charge is 2.34. The number of H-pyrrole nitrogens is 1. The number of allylic oxidation sites excluding steroid dienone is 1. The van der Waals surface area contributed by atoms with Gasteiger partial charge in [0, 0.05) is 16.5 Å². The van der Waals surface area contributed by atoms with Crippen LogP contribution in [-0.2, 0) is 9.53 Å². The molecule has 1 atom stereocenters. The number of benzene rings is 3. The third-order valence-electron chi connectivity index (χ3n) is 7.31. The third-order valence-corrected chi connectivity index (χ3v) is 8.30. The predicted molar refractivity (Wildman–Crippen MR) is 157 cm³/mol. The Morgan fingerprint density at radius 3 is 2.71 bits per heavy atom. The molecular weight excluding hydrogens is 538 g/mol. The van der Waals surface area contributed by atoms with E-state index in [1.807, 2.05) is 72.8 Å². The van der Waals surface area contributed by atoms with Gasteiger partial charge in [-0.2, -0.15) is 0 Å². The van der Waals surface area contributed by atoms with E-state index in [1.165, 1.54) is 11.3 Å². The van der Waals surface area contributed by atoms with Crippen LogP contribution in [0.5, 0.6) is 11.5 Å². The molecule has 2 aromatic heterocycles. The maximum Gasteiger partial charge on any atom is 0.338 e. The number of carbonyl (C=O) groups is 1. The van der Waals surface area contributed by atoms with Gasteiger partial charge in [0.2, 0.25) is 6.79 Å². The van der Waals surface area contributed by atoms with Crippen LogP contribution >= 0.6 is 11.3 Å². The summed E-state index contributed by atoms with van der Waals surface area (Å²) in [6.07, 6.45) is 1.92. The van der Waals surface area contributed by atoms with Crippen LogP contribution in [0.15, 0.2) is 93.9 Å². The number of carbonyl (C=O) groups excluding carboxylic acids is 1. The monoisotopic (exact) mass is 563 g/mol. The van der Waals surface area contributed by atoms with Gasteiger partial charge in [0.05, 0.1) is 34.1 Å². The van der Waals surface area contributed by atoms with Crippen molar-refractivity contribution in [1.82, 2.24) is 9.55 Å². The van der Waals surface area contributed by atoms with Gasteiger partial charge >= 0.3 is 5.97 Å². The minimum absolute atomic E-state index is 0.121. The lowest BCUT2D eigenvalue weighted by Gasteiger charge is -2.24. The zero-order chi connectivity index (χ0) is 28.1. The lowest BCUT2D eigenvalue weighted by Crippen LogP contribution is -2.39. The van der Waals surface area contributed by atoms with Crippen LogP contribution in [0, 0.1) is 0 Å². The minimum atomic E-state index is -0.737. The van der Waals surface area contributed by atoms with Gasteiger partial charge in [-0.3, -0.25) is 9.36 Å². The standard InChI is InChI=1S/C32H25N3O5S/c1-3-38-31(37)27-18(2)33-32-35(29(27)20-13-14-24-25(15-20)40-17-39-24)30(36)26(41-32)16-22-21-11-7-8-12-23(21)34-28(22)19-9-5-4-6-10-19/h4-16,29,34H,3,17H2,1-2H3. The summed E-state index contributed by atoms with van der Waals surface area (Å²) in [5.41, 5.74) is 5.13. The molecule has 0 amide bonds. The fraction of sp³-hybridized carbons (Fsp3) is 0.156. The van der Waals surface area contributed by atoms with Crippen molar-refractivity contribution < 1.29 is 19.0 Å². The van der Waals surface area contributed by atoms with Gasteiger partial charge in [-0.05, 0) is 49.2 Å². The van der Waals surface area contributed by atoms with E-state index in [-0.39, 0.29) is 19.0 Å². The first-order valence-corrected chi connectivity index (χ1v) is 14.1. The van der Waals surface area contributed by atoms with Gasteiger partial charge in [0.1, 0.15) is 0 Å². The molecule has 8 nitrogen and oxygen atoms in total. The molecule has 0 spiro atoms. The number of ether oxygens (including phenoxy) is 3. The second kappa shape index (κ2) is 9.94. The molecule has 0 fully saturated rings. The maximum absolute atomic E-state index is 14.2. The van der Waals surface area contributed by atoms with Gasteiger partial charge in [0.15, 0.2) is 16.3 Å². The number of hydrogen-bond acceptors (Lipinski definition) is 7. The zero-order valence-corrected chi connectivity index (χ0v) is 23.2. The largest absolute Gasteiger partial charge is 0.463 e. The van der Waals surface area contributed by atoms with Crippen LogP contribution in [-0.4, -0.2) is 28.9 Å². The first kappa shape index (κ1) is 25.1. The average Bonchev–Trinajstić information content (AvgIpc) is 3.69. The molecule has 4 heterocycles. The first-order chi connectivity index (χ1) is 20.0. The highest BCUT2D eigenvalue weighted by atomic mass is 32.1. The summed E-state index contributed by atoms with van der Waals surface area (Å²) in [5, 5.41) is 1.01. The molecular formula is C32H25N3O5S. The molecule has 41 heavy (non-hydrogen) atoms. The van der Waals surface area contributed by atoms with Crippen LogP contribution in [0.3, 0.4) is 0 Å². The Labute approximate surface area is 238 Å². The van der Waals surface area contributed by atoms with Gasteiger partial charge < -0.3 is 19.2 Å². The summed E-state index contributed by atoms with van der Waals surface area (Å²) >= 11 is 1.30. The molecule has 2 aliphatic rings. The quantitative estimate of drug-likeness (QED) is 0.314. The Hall–Kier alpha value is -4.89. The fourth-order valence-electron chi connectivity index (χ4n) is 5.47. The summed E-state index contributed by atoms with van der Waals surface area (Å²) < 4.78 is 18.6. The van der Waals surface area contributed by atoms with E-state index in [2.05, 4.69) is 4.98 Å². The number of para-hydroxylation sites is 1. The molecule has 2 aliphatic heterocycles. The van der Waals surface area contributed by atoms with Crippen molar-refractivity contribution in [2.24, 2.45) is 4.99 Å². The smallest absolute Gasteiger partial charge is 0.338 e. The van der Waals surface area contributed by atoms with Crippen LogP contribution in [0.25, 0.3) is 28.2 Å². The molecule has 9 heteroatoms.